The number of sulfonamides is 2. The molecule has 0 radical (unpaired) electrons. The summed E-state index contributed by atoms with van der Waals surface area (Å²) in [5.41, 5.74) is 0.00405. The van der Waals surface area contributed by atoms with E-state index in [0.29, 0.717) is 13.2 Å². The molecule has 1 saturated heterocycles. The number of para-hydroxylation sites is 1. The highest BCUT2D eigenvalue weighted by atomic mass is 32.2. The molecule has 8 nitrogen and oxygen atoms in total. The molecule has 0 amide bonds. The van der Waals surface area contributed by atoms with Crippen molar-refractivity contribution in [2.75, 3.05) is 37.8 Å². The van der Waals surface area contributed by atoms with Crippen LogP contribution in [0.4, 0.5) is 5.69 Å². The van der Waals surface area contributed by atoms with Gasteiger partial charge < -0.3 is 9.47 Å². The van der Waals surface area contributed by atoms with Crippen LogP contribution < -0.4 is 9.44 Å². The summed E-state index contributed by atoms with van der Waals surface area (Å²) in [5, 5.41) is 0. The Labute approximate surface area is 142 Å². The van der Waals surface area contributed by atoms with Crippen LogP contribution in [0.15, 0.2) is 29.2 Å². The van der Waals surface area contributed by atoms with Gasteiger partial charge in [0.25, 0.3) is 0 Å². The fraction of sp³-hybridized carbons (Fsp3) is 0.571. The third-order valence-electron chi connectivity index (χ3n) is 3.89. The maximum absolute atomic E-state index is 12.4. The number of hydrogen-bond acceptors (Lipinski definition) is 6. The molecule has 2 unspecified atom stereocenters. The summed E-state index contributed by atoms with van der Waals surface area (Å²) >= 11 is 0. The van der Waals surface area contributed by atoms with Gasteiger partial charge in [-0.25, -0.2) is 21.6 Å². The van der Waals surface area contributed by atoms with Gasteiger partial charge in [-0.2, -0.15) is 0 Å². The zero-order valence-electron chi connectivity index (χ0n) is 13.6. The maximum Gasteiger partial charge on any atom is 0.242 e. The first-order valence-electron chi connectivity index (χ1n) is 7.42. The molecular formula is C14H22N2O6S2. The van der Waals surface area contributed by atoms with E-state index in [2.05, 4.69) is 9.44 Å². The van der Waals surface area contributed by atoms with E-state index in [4.69, 9.17) is 9.47 Å². The molecule has 10 heteroatoms. The smallest absolute Gasteiger partial charge is 0.242 e. The second kappa shape index (κ2) is 7.79. The number of ether oxygens (including phenoxy) is 2. The van der Waals surface area contributed by atoms with Gasteiger partial charge in [-0.1, -0.05) is 12.1 Å². The molecule has 0 bridgehead atoms. The Bertz CT molecular complexity index is 757. The number of anilines is 1. The lowest BCUT2D eigenvalue weighted by Crippen LogP contribution is -2.34. The van der Waals surface area contributed by atoms with E-state index in [-0.39, 0.29) is 22.3 Å². The lowest BCUT2D eigenvalue weighted by Gasteiger charge is -2.21. The number of benzene rings is 1. The van der Waals surface area contributed by atoms with Crippen molar-refractivity contribution in [1.82, 2.24) is 4.72 Å². The Hall–Kier alpha value is -1.20. The predicted molar refractivity (Wildman–Crippen MR) is 89.8 cm³/mol. The molecule has 1 aromatic rings. The molecule has 1 fully saturated rings. The zero-order valence-corrected chi connectivity index (χ0v) is 15.2. The SMILES string of the molecule is CNS(=O)(=O)c1ccccc1NS(=O)(=O)CC(OC)C1CCOC1. The van der Waals surface area contributed by atoms with E-state index in [1.807, 2.05) is 0 Å². The second-order valence-corrected chi connectivity index (χ2v) is 9.11. The molecule has 0 aromatic heterocycles. The molecule has 2 N–H and O–H groups in total. The van der Waals surface area contributed by atoms with Crippen molar-refractivity contribution in [1.29, 1.82) is 0 Å². The monoisotopic (exact) mass is 378 g/mol. The summed E-state index contributed by atoms with van der Waals surface area (Å²) in [4.78, 5) is -0.130. The Morgan fingerprint density at radius 2 is 2.00 bits per heavy atom. The van der Waals surface area contributed by atoms with Crippen molar-refractivity contribution in [2.45, 2.75) is 17.4 Å². The molecule has 0 saturated carbocycles. The van der Waals surface area contributed by atoms with E-state index in [1.165, 1.54) is 32.4 Å². The van der Waals surface area contributed by atoms with E-state index in [9.17, 15) is 16.8 Å². The number of hydrogen-bond donors (Lipinski definition) is 2. The topological polar surface area (TPSA) is 111 Å². The number of nitrogens with one attached hydrogen (secondary N) is 2. The summed E-state index contributed by atoms with van der Waals surface area (Å²) < 4.78 is 64.0. The molecule has 2 atom stereocenters. The molecule has 1 aromatic carbocycles. The van der Waals surface area contributed by atoms with Gasteiger partial charge in [-0.05, 0) is 25.6 Å². The third kappa shape index (κ3) is 4.67. The molecule has 0 spiro atoms. The van der Waals surface area contributed by atoms with Crippen LogP contribution in [0, 0.1) is 5.92 Å². The molecule has 1 aliphatic rings. The van der Waals surface area contributed by atoms with Gasteiger partial charge in [0.15, 0.2) is 0 Å². The van der Waals surface area contributed by atoms with E-state index >= 15 is 0 Å². The van der Waals surface area contributed by atoms with Crippen molar-refractivity contribution in [3.05, 3.63) is 24.3 Å². The first-order chi connectivity index (χ1) is 11.3. The van der Waals surface area contributed by atoms with Crippen LogP contribution in [0.5, 0.6) is 0 Å². The van der Waals surface area contributed by atoms with Gasteiger partial charge in [0.2, 0.25) is 20.0 Å². The van der Waals surface area contributed by atoms with Gasteiger partial charge >= 0.3 is 0 Å². The van der Waals surface area contributed by atoms with Crippen LogP contribution >= 0.6 is 0 Å². The average Bonchev–Trinajstić information content (AvgIpc) is 3.07. The van der Waals surface area contributed by atoms with Gasteiger partial charge in [-0.15, -0.1) is 0 Å². The Balaban J connectivity index is 2.20. The van der Waals surface area contributed by atoms with Crippen LogP contribution in [0.1, 0.15) is 6.42 Å². The Kier molecular flexibility index (Phi) is 6.21. The van der Waals surface area contributed by atoms with E-state index in [0.717, 1.165) is 6.42 Å². The molecule has 24 heavy (non-hydrogen) atoms. The minimum atomic E-state index is -3.80. The van der Waals surface area contributed by atoms with Crippen molar-refractivity contribution in [3.63, 3.8) is 0 Å². The molecule has 1 heterocycles. The average molecular weight is 378 g/mol. The minimum Gasteiger partial charge on any atom is -0.381 e. The number of rotatable bonds is 8. The maximum atomic E-state index is 12.4. The van der Waals surface area contributed by atoms with Gasteiger partial charge in [0.1, 0.15) is 4.90 Å². The van der Waals surface area contributed by atoms with Crippen LogP contribution in [0.25, 0.3) is 0 Å². The van der Waals surface area contributed by atoms with E-state index in [1.54, 1.807) is 6.07 Å². The lowest BCUT2D eigenvalue weighted by molar-refractivity contribution is 0.0612. The van der Waals surface area contributed by atoms with Crippen LogP contribution in [-0.4, -0.2) is 56.1 Å². The molecule has 136 valence electrons. The quantitative estimate of drug-likeness (QED) is 0.677. The van der Waals surface area contributed by atoms with Crippen LogP contribution in [0.2, 0.25) is 0 Å². The lowest BCUT2D eigenvalue weighted by atomic mass is 10.0. The predicted octanol–water partition coefficient (Wildman–Crippen LogP) is 0.388. The van der Waals surface area contributed by atoms with Gasteiger partial charge in [0.05, 0.1) is 24.2 Å². The van der Waals surface area contributed by atoms with Gasteiger partial charge in [0, 0.05) is 19.6 Å². The molecule has 0 aliphatic carbocycles. The Morgan fingerprint density at radius 3 is 2.58 bits per heavy atom. The van der Waals surface area contributed by atoms with Crippen molar-refractivity contribution in [3.8, 4) is 0 Å². The third-order valence-corrected chi connectivity index (χ3v) is 6.66. The summed E-state index contributed by atoms with van der Waals surface area (Å²) in [6.07, 6.45) is 0.219. The summed E-state index contributed by atoms with van der Waals surface area (Å²) in [6, 6.07) is 5.82. The summed E-state index contributed by atoms with van der Waals surface area (Å²) in [6.45, 7) is 1.04. The fourth-order valence-corrected chi connectivity index (χ4v) is 4.95. The molecule has 1 aliphatic heterocycles. The van der Waals surface area contributed by atoms with Crippen LogP contribution in [-0.2, 0) is 29.5 Å². The largest absolute Gasteiger partial charge is 0.381 e. The fourth-order valence-electron chi connectivity index (χ4n) is 2.56. The standard InChI is InChI=1S/C14H22N2O6S2/c1-15-24(19,20)14-6-4-3-5-12(14)16-23(17,18)10-13(21-2)11-7-8-22-9-11/h3-6,11,13,15-16H,7-10H2,1-2H3. The van der Waals surface area contributed by atoms with E-state index < -0.39 is 26.2 Å². The summed E-state index contributed by atoms with van der Waals surface area (Å²) in [7, 11) is -4.85. The first-order valence-corrected chi connectivity index (χ1v) is 10.6. The highest BCUT2D eigenvalue weighted by Gasteiger charge is 2.30. The summed E-state index contributed by atoms with van der Waals surface area (Å²) in [5.74, 6) is -0.270. The number of methoxy groups -OCH3 is 1. The van der Waals surface area contributed by atoms with Gasteiger partial charge in [-0.3, -0.25) is 4.72 Å². The highest BCUT2D eigenvalue weighted by molar-refractivity contribution is 7.93. The zero-order chi connectivity index (χ0) is 17.8. The second-order valence-electron chi connectivity index (χ2n) is 5.49. The van der Waals surface area contributed by atoms with Crippen molar-refractivity contribution >= 4 is 25.7 Å². The molecular weight excluding hydrogens is 356 g/mol. The van der Waals surface area contributed by atoms with Crippen molar-refractivity contribution in [2.24, 2.45) is 5.92 Å². The minimum absolute atomic E-state index is 0.00265. The highest BCUT2D eigenvalue weighted by Crippen LogP contribution is 2.24. The van der Waals surface area contributed by atoms with Crippen molar-refractivity contribution < 1.29 is 26.3 Å². The van der Waals surface area contributed by atoms with Crippen LogP contribution in [0.3, 0.4) is 0 Å². The molecule has 2 rings (SSSR count). The first kappa shape index (κ1) is 19.1. The normalized spacial score (nSPS) is 20.0. The Morgan fingerprint density at radius 1 is 1.29 bits per heavy atom.